The second-order valence-electron chi connectivity index (χ2n) is 7.80. The Morgan fingerprint density at radius 3 is 2.50 bits per heavy atom. The van der Waals surface area contributed by atoms with Crippen LogP contribution in [0, 0.1) is 5.92 Å². The summed E-state index contributed by atoms with van der Waals surface area (Å²) >= 11 is 0. The molecule has 0 amide bonds. The Bertz CT molecular complexity index is 1010. The highest BCUT2D eigenvalue weighted by molar-refractivity contribution is 5.84. The largest absolute Gasteiger partial charge is 0.352 e. The highest BCUT2D eigenvalue weighted by atomic mass is 15.3. The van der Waals surface area contributed by atoms with Gasteiger partial charge in [-0.1, -0.05) is 48.5 Å². The van der Waals surface area contributed by atoms with Crippen LogP contribution in [-0.4, -0.2) is 38.2 Å². The topological polar surface area (TPSA) is 60.6 Å². The molecule has 5 heteroatoms. The van der Waals surface area contributed by atoms with Gasteiger partial charge in [-0.15, -0.1) is 10.2 Å². The van der Waals surface area contributed by atoms with Crippen molar-refractivity contribution >= 4 is 10.9 Å². The number of para-hydroxylation sites is 1. The van der Waals surface area contributed by atoms with E-state index in [1.807, 2.05) is 12.1 Å². The summed E-state index contributed by atoms with van der Waals surface area (Å²) in [4.78, 5) is 9.29. The van der Waals surface area contributed by atoms with Crippen molar-refractivity contribution in [3.8, 4) is 11.5 Å². The van der Waals surface area contributed by atoms with Crippen molar-refractivity contribution in [3.05, 3.63) is 72.1 Å². The molecule has 5 nitrogen and oxygen atoms in total. The molecule has 0 spiro atoms. The summed E-state index contributed by atoms with van der Waals surface area (Å²) < 4.78 is 0. The zero-order valence-electron chi connectivity index (χ0n) is 15.9. The third-order valence-electron chi connectivity index (χ3n) is 5.77. The molecule has 2 aromatic heterocycles. The van der Waals surface area contributed by atoms with Gasteiger partial charge < -0.3 is 9.97 Å². The van der Waals surface area contributed by atoms with E-state index >= 15 is 0 Å². The smallest absolute Gasteiger partial charge is 0.177 e. The molecule has 2 aromatic carbocycles. The normalized spacial score (nSPS) is 16.0. The van der Waals surface area contributed by atoms with Gasteiger partial charge >= 0.3 is 0 Å². The molecule has 1 aliphatic rings. The molecule has 2 N–H and O–H groups in total. The van der Waals surface area contributed by atoms with E-state index in [-0.39, 0.29) is 0 Å². The maximum atomic E-state index is 4.38. The molecule has 1 fully saturated rings. The van der Waals surface area contributed by atoms with Gasteiger partial charge in [-0.25, -0.2) is 0 Å². The number of rotatable bonds is 5. The molecule has 0 radical (unpaired) electrons. The van der Waals surface area contributed by atoms with E-state index in [9.17, 15) is 0 Å². The van der Waals surface area contributed by atoms with E-state index in [4.69, 9.17) is 0 Å². The molecule has 1 aliphatic heterocycles. The van der Waals surface area contributed by atoms with E-state index < -0.39 is 0 Å². The number of nitrogens with one attached hydrogen (secondary N) is 2. The minimum absolute atomic E-state index is 0.787. The van der Waals surface area contributed by atoms with Gasteiger partial charge in [0.25, 0.3) is 0 Å². The molecule has 0 aliphatic carbocycles. The first-order valence-corrected chi connectivity index (χ1v) is 10.1. The standard InChI is InChI=1S/C23H25N5/c1-2-6-17(7-3-1)14-18-10-12-28(13-11-18)16-22-25-23(27-26-22)21-15-19-8-4-5-9-20(19)24-21/h1-9,15,18,24H,10-14,16H2,(H,25,26,27). The van der Waals surface area contributed by atoms with E-state index in [0.717, 1.165) is 48.4 Å². The highest BCUT2D eigenvalue weighted by Crippen LogP contribution is 2.24. The summed E-state index contributed by atoms with van der Waals surface area (Å²) in [6.45, 7) is 3.09. The lowest BCUT2D eigenvalue weighted by Crippen LogP contribution is -2.34. The van der Waals surface area contributed by atoms with Gasteiger partial charge in [-0.05, 0) is 56.0 Å². The second kappa shape index (κ2) is 7.60. The summed E-state index contributed by atoms with van der Waals surface area (Å²) in [5, 5.41) is 9.92. The van der Waals surface area contributed by atoms with Crippen LogP contribution < -0.4 is 0 Å². The Hall–Kier alpha value is -2.92. The number of likely N-dealkylation sites (tertiary alicyclic amines) is 1. The van der Waals surface area contributed by atoms with E-state index in [2.05, 4.69) is 73.6 Å². The number of aromatic amines is 2. The molecule has 3 heterocycles. The molecular formula is C23H25N5. The predicted octanol–water partition coefficient (Wildman–Crippen LogP) is 4.41. The molecule has 142 valence electrons. The molecule has 0 atom stereocenters. The maximum absolute atomic E-state index is 4.38. The number of hydrogen-bond acceptors (Lipinski definition) is 3. The Morgan fingerprint density at radius 2 is 1.68 bits per heavy atom. The zero-order chi connectivity index (χ0) is 18.8. The monoisotopic (exact) mass is 371 g/mol. The number of nitrogens with zero attached hydrogens (tertiary/aromatic N) is 3. The fraction of sp³-hybridized carbons (Fsp3) is 0.304. The van der Waals surface area contributed by atoms with Gasteiger partial charge in [0.15, 0.2) is 5.82 Å². The summed E-state index contributed by atoms with van der Waals surface area (Å²) in [6, 6.07) is 21.2. The average Bonchev–Trinajstić information content (AvgIpc) is 3.37. The van der Waals surface area contributed by atoms with Crippen LogP contribution in [0.25, 0.3) is 22.4 Å². The van der Waals surface area contributed by atoms with Gasteiger partial charge in [0.05, 0.1) is 12.2 Å². The third-order valence-corrected chi connectivity index (χ3v) is 5.77. The summed E-state index contributed by atoms with van der Waals surface area (Å²) in [5.74, 6) is 2.54. The fourth-order valence-electron chi connectivity index (χ4n) is 4.20. The fourth-order valence-corrected chi connectivity index (χ4v) is 4.20. The minimum atomic E-state index is 0.787. The first-order valence-electron chi connectivity index (χ1n) is 10.1. The van der Waals surface area contributed by atoms with Gasteiger partial charge in [0.2, 0.25) is 0 Å². The summed E-state index contributed by atoms with van der Waals surface area (Å²) in [7, 11) is 0. The van der Waals surface area contributed by atoms with Crippen LogP contribution in [0.3, 0.4) is 0 Å². The van der Waals surface area contributed by atoms with Crippen molar-refractivity contribution in [1.82, 2.24) is 25.1 Å². The number of piperidine rings is 1. The zero-order valence-corrected chi connectivity index (χ0v) is 15.9. The quantitative estimate of drug-likeness (QED) is 0.546. The summed E-state index contributed by atoms with van der Waals surface area (Å²) in [5.41, 5.74) is 3.57. The van der Waals surface area contributed by atoms with E-state index in [1.165, 1.54) is 30.2 Å². The maximum Gasteiger partial charge on any atom is 0.177 e. The van der Waals surface area contributed by atoms with Gasteiger partial charge in [0, 0.05) is 10.9 Å². The molecule has 28 heavy (non-hydrogen) atoms. The number of H-pyrrole nitrogens is 2. The second-order valence-corrected chi connectivity index (χ2v) is 7.80. The predicted molar refractivity (Wildman–Crippen MR) is 112 cm³/mol. The van der Waals surface area contributed by atoms with E-state index in [1.54, 1.807) is 0 Å². The van der Waals surface area contributed by atoms with Crippen molar-refractivity contribution in [1.29, 1.82) is 0 Å². The van der Waals surface area contributed by atoms with Crippen LogP contribution in [-0.2, 0) is 13.0 Å². The van der Waals surface area contributed by atoms with Crippen molar-refractivity contribution in [2.75, 3.05) is 13.1 Å². The van der Waals surface area contributed by atoms with Gasteiger partial charge in [-0.3, -0.25) is 4.90 Å². The van der Waals surface area contributed by atoms with Crippen LogP contribution in [0.1, 0.15) is 24.2 Å². The molecule has 0 unspecified atom stereocenters. The lowest BCUT2D eigenvalue weighted by atomic mass is 9.90. The lowest BCUT2D eigenvalue weighted by molar-refractivity contribution is 0.173. The number of aromatic nitrogens is 4. The number of benzene rings is 2. The van der Waals surface area contributed by atoms with Crippen molar-refractivity contribution in [2.24, 2.45) is 5.92 Å². The Labute approximate surface area is 164 Å². The van der Waals surface area contributed by atoms with Crippen molar-refractivity contribution in [2.45, 2.75) is 25.8 Å². The SMILES string of the molecule is c1ccc(CC2CCN(Cc3nnc(-c4cc5ccccc5[nH]4)[nH]3)CC2)cc1. The molecule has 1 saturated heterocycles. The van der Waals surface area contributed by atoms with Crippen LogP contribution in [0.2, 0.25) is 0 Å². The Kier molecular flexibility index (Phi) is 4.67. The van der Waals surface area contributed by atoms with Crippen molar-refractivity contribution in [3.63, 3.8) is 0 Å². The molecule has 4 aromatic rings. The molecule has 0 saturated carbocycles. The average molecular weight is 371 g/mol. The lowest BCUT2D eigenvalue weighted by Gasteiger charge is -2.31. The number of hydrogen-bond donors (Lipinski definition) is 2. The Balaban J connectivity index is 1.19. The van der Waals surface area contributed by atoms with Gasteiger partial charge in [-0.2, -0.15) is 0 Å². The van der Waals surface area contributed by atoms with Crippen LogP contribution in [0.4, 0.5) is 0 Å². The van der Waals surface area contributed by atoms with Crippen LogP contribution >= 0.6 is 0 Å². The highest BCUT2D eigenvalue weighted by Gasteiger charge is 2.20. The van der Waals surface area contributed by atoms with Crippen LogP contribution in [0.5, 0.6) is 0 Å². The first-order chi connectivity index (χ1) is 13.8. The van der Waals surface area contributed by atoms with E-state index in [0.29, 0.717) is 0 Å². The van der Waals surface area contributed by atoms with Crippen LogP contribution in [0.15, 0.2) is 60.7 Å². The van der Waals surface area contributed by atoms with Gasteiger partial charge in [0.1, 0.15) is 5.82 Å². The summed E-state index contributed by atoms with van der Waals surface area (Å²) in [6.07, 6.45) is 3.69. The van der Waals surface area contributed by atoms with Crippen molar-refractivity contribution < 1.29 is 0 Å². The first kappa shape index (κ1) is 17.2. The molecular weight excluding hydrogens is 346 g/mol. The minimum Gasteiger partial charge on any atom is -0.352 e. The number of fused-ring (bicyclic) bond motifs is 1. The molecule has 5 rings (SSSR count). The third kappa shape index (κ3) is 3.71. The Morgan fingerprint density at radius 1 is 0.893 bits per heavy atom. The molecule has 0 bridgehead atoms.